The van der Waals surface area contributed by atoms with Crippen LogP contribution in [-0.4, -0.2) is 29.0 Å². The van der Waals surface area contributed by atoms with Gasteiger partial charge in [-0.1, -0.05) is 49.4 Å². The third-order valence-corrected chi connectivity index (χ3v) is 5.40. The van der Waals surface area contributed by atoms with Crippen molar-refractivity contribution in [2.24, 2.45) is 5.92 Å². The van der Waals surface area contributed by atoms with Crippen molar-refractivity contribution < 1.29 is 9.53 Å². The monoisotopic (exact) mass is 400 g/mol. The summed E-state index contributed by atoms with van der Waals surface area (Å²) in [6.45, 7) is 3.99. The molecule has 0 spiro atoms. The van der Waals surface area contributed by atoms with E-state index >= 15 is 0 Å². The molecule has 1 aromatic heterocycles. The van der Waals surface area contributed by atoms with Gasteiger partial charge >= 0.3 is 5.97 Å². The number of para-hydroxylation sites is 2. The summed E-state index contributed by atoms with van der Waals surface area (Å²) >= 11 is 0. The second-order valence-electron chi connectivity index (χ2n) is 7.77. The van der Waals surface area contributed by atoms with Crippen molar-refractivity contribution in [2.75, 3.05) is 18.0 Å². The minimum absolute atomic E-state index is 0.120. The van der Waals surface area contributed by atoms with Crippen LogP contribution in [0.25, 0.3) is 11.0 Å². The van der Waals surface area contributed by atoms with Crippen molar-refractivity contribution in [1.82, 2.24) is 9.97 Å². The van der Waals surface area contributed by atoms with Gasteiger partial charge in [-0.05, 0) is 36.5 Å². The Kier molecular flexibility index (Phi) is 5.89. The first-order chi connectivity index (χ1) is 14.7. The summed E-state index contributed by atoms with van der Waals surface area (Å²) in [5, 5.41) is 9.86. The van der Waals surface area contributed by atoms with Crippen LogP contribution < -0.4 is 4.90 Å². The number of ether oxygens (including phenoxy) is 1. The van der Waals surface area contributed by atoms with Crippen LogP contribution in [0.5, 0.6) is 0 Å². The van der Waals surface area contributed by atoms with Gasteiger partial charge in [0.05, 0.1) is 17.1 Å². The molecule has 3 aromatic rings. The molecule has 4 rings (SSSR count). The zero-order valence-corrected chi connectivity index (χ0v) is 17.0. The van der Waals surface area contributed by atoms with Crippen LogP contribution in [0.15, 0.2) is 54.6 Å². The number of aromatic nitrogens is 2. The maximum atomic E-state index is 12.9. The molecule has 2 atom stereocenters. The standard InChI is InChI=1S/C24H24N4O2/c1-17-8-7-13-28(15-17)23-22(26-20-11-5-6-12-21(20)27-23)19(14-25)24(29)30-16-18-9-3-2-4-10-18/h2-6,9-12,17,19H,7-8,13,15-16H2,1H3. The number of fused-ring (bicyclic) bond motifs is 1. The average molecular weight is 400 g/mol. The van der Waals surface area contributed by atoms with E-state index in [0.29, 0.717) is 22.9 Å². The fourth-order valence-electron chi connectivity index (χ4n) is 3.85. The molecule has 1 aliphatic rings. The van der Waals surface area contributed by atoms with Crippen molar-refractivity contribution in [3.63, 3.8) is 0 Å². The van der Waals surface area contributed by atoms with Crippen LogP contribution >= 0.6 is 0 Å². The lowest BCUT2D eigenvalue weighted by Crippen LogP contribution is -2.36. The maximum absolute atomic E-state index is 12.9. The van der Waals surface area contributed by atoms with Gasteiger partial charge in [0.25, 0.3) is 0 Å². The molecule has 0 saturated carbocycles. The number of benzene rings is 2. The normalized spacial score (nSPS) is 17.3. The summed E-state index contributed by atoms with van der Waals surface area (Å²) in [4.78, 5) is 24.5. The topological polar surface area (TPSA) is 79.1 Å². The van der Waals surface area contributed by atoms with Gasteiger partial charge in [0.2, 0.25) is 0 Å². The van der Waals surface area contributed by atoms with Crippen molar-refractivity contribution in [3.8, 4) is 6.07 Å². The molecule has 0 N–H and O–H groups in total. The first kappa shape index (κ1) is 19.8. The lowest BCUT2D eigenvalue weighted by atomic mass is 9.99. The molecule has 0 amide bonds. The predicted octanol–water partition coefficient (Wildman–Crippen LogP) is 4.22. The zero-order chi connectivity index (χ0) is 20.9. The SMILES string of the molecule is CC1CCCN(c2nc3ccccc3nc2C(C#N)C(=O)OCc2ccccc2)C1. The summed E-state index contributed by atoms with van der Waals surface area (Å²) in [5.74, 6) is -0.593. The van der Waals surface area contributed by atoms with Gasteiger partial charge in [0, 0.05) is 13.1 Å². The molecule has 1 saturated heterocycles. The number of nitriles is 1. The number of rotatable bonds is 5. The van der Waals surface area contributed by atoms with E-state index in [1.807, 2.05) is 54.6 Å². The molecular formula is C24H24N4O2. The third kappa shape index (κ3) is 4.25. The lowest BCUT2D eigenvalue weighted by Gasteiger charge is -2.33. The number of piperidine rings is 1. The Hall–Kier alpha value is -3.46. The maximum Gasteiger partial charge on any atom is 0.330 e. The lowest BCUT2D eigenvalue weighted by molar-refractivity contribution is -0.145. The van der Waals surface area contributed by atoms with Crippen LogP contribution in [0.2, 0.25) is 0 Å². The van der Waals surface area contributed by atoms with Crippen LogP contribution in [0.1, 0.15) is 36.9 Å². The molecule has 0 aliphatic carbocycles. The van der Waals surface area contributed by atoms with Crippen LogP contribution in [-0.2, 0) is 16.1 Å². The van der Waals surface area contributed by atoms with E-state index in [9.17, 15) is 10.1 Å². The molecule has 2 unspecified atom stereocenters. The second-order valence-corrected chi connectivity index (χ2v) is 7.77. The fourth-order valence-corrected chi connectivity index (χ4v) is 3.85. The smallest absolute Gasteiger partial charge is 0.330 e. The molecule has 1 fully saturated rings. The van der Waals surface area contributed by atoms with Gasteiger partial charge in [0.15, 0.2) is 11.7 Å². The molecule has 2 heterocycles. The number of esters is 1. The minimum Gasteiger partial charge on any atom is -0.460 e. The van der Waals surface area contributed by atoms with Crippen molar-refractivity contribution >= 4 is 22.8 Å². The summed E-state index contributed by atoms with van der Waals surface area (Å²) < 4.78 is 5.46. The quantitative estimate of drug-likeness (QED) is 0.597. The van der Waals surface area contributed by atoms with E-state index < -0.39 is 11.9 Å². The summed E-state index contributed by atoms with van der Waals surface area (Å²) in [5.41, 5.74) is 2.67. The molecule has 0 bridgehead atoms. The van der Waals surface area contributed by atoms with Gasteiger partial charge in [-0.2, -0.15) is 5.26 Å². The van der Waals surface area contributed by atoms with Crippen molar-refractivity contribution in [2.45, 2.75) is 32.3 Å². The Morgan fingerprint density at radius 1 is 1.17 bits per heavy atom. The molecule has 0 radical (unpaired) electrons. The van der Waals surface area contributed by atoms with Gasteiger partial charge in [-0.15, -0.1) is 0 Å². The van der Waals surface area contributed by atoms with Crippen molar-refractivity contribution in [3.05, 3.63) is 65.9 Å². The van der Waals surface area contributed by atoms with Gasteiger partial charge < -0.3 is 9.64 Å². The molecular weight excluding hydrogens is 376 g/mol. The van der Waals surface area contributed by atoms with E-state index in [1.54, 1.807) is 0 Å². The van der Waals surface area contributed by atoms with Crippen LogP contribution in [0.4, 0.5) is 5.82 Å². The molecule has 152 valence electrons. The Bertz CT molecular complexity index is 1080. The zero-order valence-electron chi connectivity index (χ0n) is 17.0. The first-order valence-electron chi connectivity index (χ1n) is 10.3. The molecule has 2 aromatic carbocycles. The number of carbonyl (C=O) groups is 1. The Morgan fingerprint density at radius 2 is 1.87 bits per heavy atom. The Balaban J connectivity index is 1.68. The number of anilines is 1. The van der Waals surface area contributed by atoms with Crippen molar-refractivity contribution in [1.29, 1.82) is 5.26 Å². The third-order valence-electron chi connectivity index (χ3n) is 5.40. The van der Waals surface area contributed by atoms with E-state index in [2.05, 4.69) is 17.9 Å². The number of hydrogen-bond acceptors (Lipinski definition) is 6. The Labute approximate surface area is 176 Å². The molecule has 1 aliphatic heterocycles. The first-order valence-corrected chi connectivity index (χ1v) is 10.3. The highest BCUT2D eigenvalue weighted by Crippen LogP contribution is 2.31. The second kappa shape index (κ2) is 8.91. The largest absolute Gasteiger partial charge is 0.460 e. The summed E-state index contributed by atoms with van der Waals surface area (Å²) in [7, 11) is 0. The number of nitrogens with zero attached hydrogens (tertiary/aromatic N) is 4. The Morgan fingerprint density at radius 3 is 2.57 bits per heavy atom. The summed E-state index contributed by atoms with van der Waals surface area (Å²) in [6, 6.07) is 19.1. The predicted molar refractivity (Wildman–Crippen MR) is 115 cm³/mol. The highest BCUT2D eigenvalue weighted by molar-refractivity contribution is 5.85. The van der Waals surface area contributed by atoms with Gasteiger partial charge in [-0.25, -0.2) is 9.97 Å². The van der Waals surface area contributed by atoms with Crippen LogP contribution in [0, 0.1) is 17.2 Å². The van der Waals surface area contributed by atoms with E-state index in [-0.39, 0.29) is 6.61 Å². The number of carbonyl (C=O) groups excluding carboxylic acids is 1. The fraction of sp³-hybridized carbons (Fsp3) is 0.333. The average Bonchev–Trinajstić information content (AvgIpc) is 2.78. The highest BCUT2D eigenvalue weighted by Gasteiger charge is 2.31. The van der Waals surface area contributed by atoms with E-state index in [4.69, 9.17) is 14.7 Å². The van der Waals surface area contributed by atoms with Gasteiger partial charge in [-0.3, -0.25) is 4.79 Å². The molecule has 30 heavy (non-hydrogen) atoms. The van der Waals surface area contributed by atoms with Gasteiger partial charge in [0.1, 0.15) is 12.3 Å². The summed E-state index contributed by atoms with van der Waals surface area (Å²) in [6.07, 6.45) is 2.21. The number of hydrogen-bond donors (Lipinski definition) is 0. The minimum atomic E-state index is -1.13. The molecule has 6 nitrogen and oxygen atoms in total. The molecule has 6 heteroatoms. The van der Waals surface area contributed by atoms with E-state index in [0.717, 1.165) is 37.0 Å². The highest BCUT2D eigenvalue weighted by atomic mass is 16.5. The van der Waals surface area contributed by atoms with E-state index in [1.165, 1.54) is 0 Å². The van der Waals surface area contributed by atoms with Crippen LogP contribution in [0.3, 0.4) is 0 Å².